The fourth-order valence-corrected chi connectivity index (χ4v) is 2.25. The van der Waals surface area contributed by atoms with Gasteiger partial charge in [0.2, 0.25) is 5.91 Å². The molecule has 1 aliphatic rings. The Bertz CT molecular complexity index is 443. The maximum Gasteiger partial charge on any atom is 0.219 e. The number of piperazine rings is 1. The minimum Gasteiger partial charge on any atom is -0.332 e. The van der Waals surface area contributed by atoms with Crippen LogP contribution in [0.15, 0.2) is 18.2 Å². The van der Waals surface area contributed by atoms with Crippen molar-refractivity contribution in [2.24, 2.45) is 0 Å². The molecule has 0 aromatic heterocycles. The number of halogens is 2. The van der Waals surface area contributed by atoms with Crippen LogP contribution in [-0.4, -0.2) is 37.0 Å². The lowest BCUT2D eigenvalue weighted by atomic mass is 10.2. The quantitative estimate of drug-likeness (QED) is 0.803. The van der Waals surface area contributed by atoms with Gasteiger partial charge >= 0.3 is 0 Å². The average molecular weight is 255 g/mol. The number of carbonyl (C=O) groups is 1. The molecule has 1 heterocycles. The zero-order valence-electron chi connectivity index (χ0n) is 10.4. The van der Waals surface area contributed by atoms with Crippen LogP contribution in [0.4, 0.5) is 8.78 Å². The van der Waals surface area contributed by atoms with Crippen molar-refractivity contribution in [3.63, 3.8) is 0 Å². The number of nitrogens with zero attached hydrogens (tertiary/aromatic N) is 1. The zero-order valence-corrected chi connectivity index (χ0v) is 10.4. The second-order valence-corrected chi connectivity index (χ2v) is 4.67. The molecule has 1 saturated heterocycles. The van der Waals surface area contributed by atoms with Crippen LogP contribution >= 0.6 is 0 Å². The van der Waals surface area contributed by atoms with Gasteiger partial charge in [-0.15, -0.1) is 0 Å². The largest absolute Gasteiger partial charge is 0.332 e. The summed E-state index contributed by atoms with van der Waals surface area (Å²) in [5.41, 5.74) is 0.530. The highest BCUT2D eigenvalue weighted by Gasteiger charge is 2.22. The van der Waals surface area contributed by atoms with E-state index in [0.717, 1.165) is 19.2 Å². The predicted octanol–water partition coefficient (Wildman–Crippen LogP) is 0.212. The van der Waals surface area contributed by atoms with Crippen molar-refractivity contribution in [2.45, 2.75) is 13.5 Å². The molecule has 0 atom stereocenters. The summed E-state index contributed by atoms with van der Waals surface area (Å²) in [6, 6.07) is 3.69. The third-order valence-corrected chi connectivity index (χ3v) is 3.37. The number of quaternary nitrogens is 1. The molecule has 5 heteroatoms. The molecule has 1 amide bonds. The van der Waals surface area contributed by atoms with Crippen molar-refractivity contribution in [3.05, 3.63) is 35.4 Å². The SMILES string of the molecule is CC(=O)N1CC[NH+](Cc2ccc(F)cc2F)CC1. The van der Waals surface area contributed by atoms with E-state index in [4.69, 9.17) is 0 Å². The van der Waals surface area contributed by atoms with Crippen LogP contribution in [0.2, 0.25) is 0 Å². The molecule has 3 nitrogen and oxygen atoms in total. The Balaban J connectivity index is 1.93. The van der Waals surface area contributed by atoms with Crippen LogP contribution in [0.1, 0.15) is 12.5 Å². The molecule has 1 aromatic carbocycles. The highest BCUT2D eigenvalue weighted by atomic mass is 19.1. The Kier molecular flexibility index (Phi) is 3.91. The van der Waals surface area contributed by atoms with Gasteiger partial charge in [0.1, 0.15) is 18.2 Å². The first kappa shape index (κ1) is 13.0. The number of hydrogen-bond acceptors (Lipinski definition) is 1. The first-order valence-corrected chi connectivity index (χ1v) is 6.09. The summed E-state index contributed by atoms with van der Waals surface area (Å²) in [5, 5.41) is 0. The minimum atomic E-state index is -0.548. The average Bonchev–Trinajstić information content (AvgIpc) is 2.33. The molecule has 0 radical (unpaired) electrons. The molecule has 2 rings (SSSR count). The van der Waals surface area contributed by atoms with Gasteiger partial charge in [-0.05, 0) is 12.1 Å². The van der Waals surface area contributed by atoms with E-state index >= 15 is 0 Å². The van der Waals surface area contributed by atoms with Gasteiger partial charge in [0.15, 0.2) is 0 Å². The van der Waals surface area contributed by atoms with Gasteiger partial charge in [-0.3, -0.25) is 4.79 Å². The lowest BCUT2D eigenvalue weighted by Crippen LogP contribution is -3.13. The highest BCUT2D eigenvalue weighted by molar-refractivity contribution is 5.73. The third-order valence-electron chi connectivity index (χ3n) is 3.37. The maximum absolute atomic E-state index is 13.5. The third kappa shape index (κ3) is 3.04. The molecule has 0 bridgehead atoms. The van der Waals surface area contributed by atoms with E-state index in [1.54, 1.807) is 11.8 Å². The molecular weight excluding hydrogens is 238 g/mol. The monoisotopic (exact) mass is 255 g/mol. The van der Waals surface area contributed by atoms with Gasteiger partial charge in [-0.2, -0.15) is 0 Å². The molecule has 1 N–H and O–H groups in total. The van der Waals surface area contributed by atoms with Crippen molar-refractivity contribution >= 4 is 5.91 Å². The van der Waals surface area contributed by atoms with Crippen LogP contribution in [0, 0.1) is 11.6 Å². The molecule has 18 heavy (non-hydrogen) atoms. The summed E-state index contributed by atoms with van der Waals surface area (Å²) >= 11 is 0. The fourth-order valence-electron chi connectivity index (χ4n) is 2.25. The van der Waals surface area contributed by atoms with E-state index < -0.39 is 11.6 Å². The van der Waals surface area contributed by atoms with Crippen LogP contribution < -0.4 is 4.90 Å². The van der Waals surface area contributed by atoms with E-state index in [0.29, 0.717) is 25.2 Å². The molecular formula is C13H17F2N2O+. The standard InChI is InChI=1S/C13H16F2N2O/c1-10(18)17-6-4-16(5-7-17)9-11-2-3-12(14)8-13(11)15/h2-3,8H,4-7,9H2,1H3/p+1. The Labute approximate surface area is 105 Å². The second-order valence-electron chi connectivity index (χ2n) is 4.67. The molecule has 1 aliphatic heterocycles. The van der Waals surface area contributed by atoms with Crippen LogP contribution in [0.5, 0.6) is 0 Å². The van der Waals surface area contributed by atoms with Crippen molar-refractivity contribution in [3.8, 4) is 0 Å². The van der Waals surface area contributed by atoms with Crippen molar-refractivity contribution in [1.29, 1.82) is 0 Å². The van der Waals surface area contributed by atoms with Gasteiger partial charge in [0, 0.05) is 18.6 Å². The minimum absolute atomic E-state index is 0.0852. The summed E-state index contributed by atoms with van der Waals surface area (Å²) in [5.74, 6) is -0.953. The van der Waals surface area contributed by atoms with E-state index in [1.807, 2.05) is 0 Å². The molecule has 0 aliphatic carbocycles. The van der Waals surface area contributed by atoms with Gasteiger partial charge in [0.05, 0.1) is 26.2 Å². The molecule has 98 valence electrons. The molecule has 1 fully saturated rings. The number of nitrogens with one attached hydrogen (secondary N) is 1. The van der Waals surface area contributed by atoms with Crippen molar-refractivity contribution < 1.29 is 18.5 Å². The van der Waals surface area contributed by atoms with E-state index in [1.165, 1.54) is 17.0 Å². The van der Waals surface area contributed by atoms with E-state index in [9.17, 15) is 13.6 Å². The Morgan fingerprint density at radius 3 is 2.56 bits per heavy atom. The highest BCUT2D eigenvalue weighted by Crippen LogP contribution is 2.08. The number of hydrogen-bond donors (Lipinski definition) is 1. The summed E-state index contributed by atoms with van der Waals surface area (Å²) < 4.78 is 26.3. The van der Waals surface area contributed by atoms with E-state index in [-0.39, 0.29) is 5.91 Å². The topological polar surface area (TPSA) is 24.8 Å². The zero-order chi connectivity index (χ0) is 13.1. The van der Waals surface area contributed by atoms with Gasteiger partial charge in [-0.25, -0.2) is 8.78 Å². The maximum atomic E-state index is 13.5. The normalized spacial score (nSPS) is 16.9. The lowest BCUT2D eigenvalue weighted by Gasteiger charge is -2.31. The molecule has 0 saturated carbocycles. The number of carbonyl (C=O) groups excluding carboxylic acids is 1. The van der Waals surface area contributed by atoms with Crippen LogP contribution in [-0.2, 0) is 11.3 Å². The summed E-state index contributed by atoms with van der Waals surface area (Å²) in [4.78, 5) is 14.2. The lowest BCUT2D eigenvalue weighted by molar-refractivity contribution is -0.917. The van der Waals surface area contributed by atoms with Crippen molar-refractivity contribution in [1.82, 2.24) is 4.90 Å². The number of amides is 1. The fraction of sp³-hybridized carbons (Fsp3) is 0.462. The number of rotatable bonds is 2. The molecule has 0 unspecified atom stereocenters. The summed E-state index contributed by atoms with van der Waals surface area (Å²) in [6.45, 7) is 5.11. The summed E-state index contributed by atoms with van der Waals surface area (Å²) in [6.07, 6.45) is 0. The van der Waals surface area contributed by atoms with Gasteiger partial charge in [0.25, 0.3) is 0 Å². The molecule has 0 spiro atoms. The Hall–Kier alpha value is -1.49. The first-order chi connectivity index (χ1) is 8.56. The smallest absolute Gasteiger partial charge is 0.219 e. The predicted molar refractivity (Wildman–Crippen MR) is 63.0 cm³/mol. The molecule has 1 aromatic rings. The van der Waals surface area contributed by atoms with E-state index in [2.05, 4.69) is 0 Å². The Morgan fingerprint density at radius 2 is 2.00 bits per heavy atom. The Morgan fingerprint density at radius 1 is 1.33 bits per heavy atom. The second kappa shape index (κ2) is 5.44. The van der Waals surface area contributed by atoms with Crippen LogP contribution in [0.25, 0.3) is 0 Å². The van der Waals surface area contributed by atoms with Gasteiger partial charge < -0.3 is 9.80 Å². The van der Waals surface area contributed by atoms with Crippen molar-refractivity contribution in [2.75, 3.05) is 26.2 Å². The number of benzene rings is 1. The van der Waals surface area contributed by atoms with Gasteiger partial charge in [-0.1, -0.05) is 0 Å². The first-order valence-electron chi connectivity index (χ1n) is 6.09. The van der Waals surface area contributed by atoms with Crippen LogP contribution in [0.3, 0.4) is 0 Å². The summed E-state index contributed by atoms with van der Waals surface area (Å²) in [7, 11) is 0.